The van der Waals surface area contributed by atoms with Crippen molar-refractivity contribution in [1.29, 1.82) is 0 Å². The first-order chi connectivity index (χ1) is 14.9. The van der Waals surface area contributed by atoms with Gasteiger partial charge in [-0.1, -0.05) is 36.4 Å². The molecule has 0 atom stereocenters. The molecule has 33 heavy (non-hydrogen) atoms. The van der Waals surface area contributed by atoms with Gasteiger partial charge in [0.15, 0.2) is 0 Å². The van der Waals surface area contributed by atoms with Gasteiger partial charge in [-0.05, 0) is 95.0 Å². The Morgan fingerprint density at radius 3 is 1.45 bits per heavy atom. The first-order valence-electron chi connectivity index (χ1n) is 11.4. The van der Waals surface area contributed by atoms with E-state index in [1.807, 2.05) is 58.0 Å². The van der Waals surface area contributed by atoms with Gasteiger partial charge in [0.05, 0.1) is 22.4 Å². The van der Waals surface area contributed by atoms with Crippen LogP contribution in [0, 0.1) is 0 Å². The number of aliphatic hydroxyl groups is 2. The zero-order chi connectivity index (χ0) is 25.0. The Balaban J connectivity index is 2.00. The average molecular weight is 454 g/mol. The summed E-state index contributed by atoms with van der Waals surface area (Å²) in [6.45, 7) is 14.0. The summed E-state index contributed by atoms with van der Waals surface area (Å²) in [7, 11) is -2.34. The number of fused-ring (bicyclic) bond motifs is 3. The molecular weight excluding hydrogens is 418 g/mol. The van der Waals surface area contributed by atoms with Crippen LogP contribution in [0.1, 0.15) is 66.5 Å². The lowest BCUT2D eigenvalue weighted by Gasteiger charge is -2.43. The molecule has 0 heterocycles. The zero-order valence-electron chi connectivity index (χ0n) is 20.9. The molecule has 8 heteroatoms. The van der Waals surface area contributed by atoms with E-state index >= 15 is 0 Å². The lowest BCUT2D eigenvalue weighted by molar-refractivity contribution is -0.131. The Hall–Kier alpha value is -1.67. The molecule has 0 saturated heterocycles. The molecule has 0 aromatic heterocycles. The average Bonchev–Trinajstić information content (AvgIpc) is 3.02. The van der Waals surface area contributed by atoms with Gasteiger partial charge in [0.2, 0.25) is 0 Å². The maximum atomic E-state index is 10.7. The van der Waals surface area contributed by atoms with Crippen molar-refractivity contribution >= 4 is 25.2 Å². The molecule has 0 radical (unpaired) electrons. The van der Waals surface area contributed by atoms with Crippen molar-refractivity contribution in [2.24, 2.45) is 0 Å². The highest BCUT2D eigenvalue weighted by Crippen LogP contribution is 2.36. The van der Waals surface area contributed by atoms with E-state index in [9.17, 15) is 20.3 Å². The van der Waals surface area contributed by atoms with E-state index in [-0.39, 0.29) is 0 Å². The van der Waals surface area contributed by atoms with Crippen LogP contribution in [0.3, 0.4) is 0 Å². The fraction of sp³-hybridized carbons (Fsp3) is 0.520. The third kappa shape index (κ3) is 5.21. The summed E-state index contributed by atoms with van der Waals surface area (Å²) in [4.78, 5) is 0. The summed E-state index contributed by atoms with van der Waals surface area (Å²) in [5.41, 5.74) is 1.32. The normalized spacial score (nSPS) is 14.2. The van der Waals surface area contributed by atoms with Crippen molar-refractivity contribution in [3.05, 3.63) is 47.5 Å². The molecule has 1 aliphatic rings. The minimum atomic E-state index is -1.51. The van der Waals surface area contributed by atoms with E-state index in [0.29, 0.717) is 11.9 Å². The van der Waals surface area contributed by atoms with Crippen molar-refractivity contribution < 1.29 is 29.6 Å². The highest BCUT2D eigenvalue weighted by atomic mass is 16.6. The van der Waals surface area contributed by atoms with Crippen LogP contribution in [-0.2, 0) is 15.7 Å². The van der Waals surface area contributed by atoms with Crippen LogP contribution >= 0.6 is 0 Å². The fourth-order valence-electron chi connectivity index (χ4n) is 3.54. The number of rotatable bonds is 8. The van der Waals surface area contributed by atoms with Gasteiger partial charge >= 0.3 is 14.2 Å². The van der Waals surface area contributed by atoms with Crippen molar-refractivity contribution in [3.8, 4) is 11.1 Å². The molecule has 178 valence electrons. The maximum Gasteiger partial charge on any atom is 0.494 e. The molecule has 0 spiro atoms. The first-order valence-corrected chi connectivity index (χ1v) is 11.4. The smallest absolute Gasteiger partial charge is 0.423 e. The van der Waals surface area contributed by atoms with Crippen LogP contribution in [0.25, 0.3) is 11.1 Å². The molecule has 0 bridgehead atoms. The highest BCUT2D eigenvalue weighted by Gasteiger charge is 2.46. The Labute approximate surface area is 197 Å². The van der Waals surface area contributed by atoms with Crippen molar-refractivity contribution in [2.45, 2.75) is 84.2 Å². The van der Waals surface area contributed by atoms with Gasteiger partial charge in [0.1, 0.15) is 0 Å². The van der Waals surface area contributed by atoms with Gasteiger partial charge in [0, 0.05) is 0 Å². The largest absolute Gasteiger partial charge is 0.494 e. The molecule has 0 amide bonds. The quantitative estimate of drug-likeness (QED) is 0.388. The molecule has 0 saturated carbocycles. The molecule has 0 unspecified atom stereocenters. The summed E-state index contributed by atoms with van der Waals surface area (Å²) in [5.74, 6) is 0. The Morgan fingerprint density at radius 1 is 0.667 bits per heavy atom. The summed E-state index contributed by atoms with van der Waals surface area (Å²) in [6, 6.07) is 11.4. The van der Waals surface area contributed by atoms with E-state index in [1.54, 1.807) is 33.8 Å². The zero-order valence-corrected chi connectivity index (χ0v) is 20.9. The van der Waals surface area contributed by atoms with E-state index < -0.39 is 36.6 Å². The maximum absolute atomic E-state index is 10.7. The van der Waals surface area contributed by atoms with Crippen LogP contribution in [0.5, 0.6) is 0 Å². The second-order valence-electron chi connectivity index (χ2n) is 11.1. The van der Waals surface area contributed by atoms with Gasteiger partial charge in [-0.2, -0.15) is 0 Å². The lowest BCUT2D eigenvalue weighted by atomic mass is 9.73. The third-order valence-corrected chi connectivity index (χ3v) is 7.25. The molecular formula is C25H36B2O6. The lowest BCUT2D eigenvalue weighted by Crippen LogP contribution is -2.58. The molecule has 2 aromatic rings. The number of benzene rings is 2. The summed E-state index contributed by atoms with van der Waals surface area (Å²) in [6.07, 6.45) is 0.648. The van der Waals surface area contributed by atoms with E-state index in [1.165, 1.54) is 0 Å². The summed E-state index contributed by atoms with van der Waals surface area (Å²) in [5, 5.41) is 40.4. The van der Waals surface area contributed by atoms with Crippen LogP contribution < -0.4 is 10.9 Å². The predicted molar refractivity (Wildman–Crippen MR) is 133 cm³/mol. The van der Waals surface area contributed by atoms with Gasteiger partial charge < -0.3 is 29.6 Å². The fourth-order valence-corrected chi connectivity index (χ4v) is 3.54. The Morgan fingerprint density at radius 2 is 1.06 bits per heavy atom. The minimum absolute atomic E-state index is 0.463. The highest BCUT2D eigenvalue weighted by molar-refractivity contribution is 6.61. The Bertz CT molecular complexity index is 991. The standard InChI is InChI=1S/C25H36B2O6/c1-22(2,28)24(5,6)32-27(33-25(7,8)23(3,4)29)19-10-12-21-17(15-19)13-16-14-18(26(30)31)9-11-20(16)21/h9-12,14-15,28-31H,13H2,1-8H3. The second kappa shape index (κ2) is 8.52. The van der Waals surface area contributed by atoms with Gasteiger partial charge in [0.25, 0.3) is 0 Å². The van der Waals surface area contributed by atoms with E-state index in [2.05, 4.69) is 0 Å². The third-order valence-electron chi connectivity index (χ3n) is 7.25. The van der Waals surface area contributed by atoms with Gasteiger partial charge in [-0.3, -0.25) is 0 Å². The van der Waals surface area contributed by atoms with Gasteiger partial charge in [-0.15, -0.1) is 0 Å². The van der Waals surface area contributed by atoms with E-state index in [4.69, 9.17) is 9.31 Å². The molecule has 1 aliphatic carbocycles. The van der Waals surface area contributed by atoms with Crippen molar-refractivity contribution in [3.63, 3.8) is 0 Å². The van der Waals surface area contributed by atoms with Crippen LogP contribution in [0.4, 0.5) is 0 Å². The number of hydrogen-bond acceptors (Lipinski definition) is 6. The monoisotopic (exact) mass is 454 g/mol. The second-order valence-corrected chi connectivity index (χ2v) is 11.1. The molecule has 6 nitrogen and oxygen atoms in total. The molecule has 4 N–H and O–H groups in total. The van der Waals surface area contributed by atoms with Gasteiger partial charge in [-0.25, -0.2) is 0 Å². The Kier molecular flexibility index (Phi) is 6.70. The molecule has 0 aliphatic heterocycles. The molecule has 2 aromatic carbocycles. The van der Waals surface area contributed by atoms with E-state index in [0.717, 1.165) is 27.7 Å². The topological polar surface area (TPSA) is 99.4 Å². The van der Waals surface area contributed by atoms with Crippen LogP contribution in [0.15, 0.2) is 36.4 Å². The minimum Gasteiger partial charge on any atom is -0.423 e. The summed E-state index contributed by atoms with van der Waals surface area (Å²) < 4.78 is 12.7. The van der Waals surface area contributed by atoms with Crippen LogP contribution in [0.2, 0.25) is 0 Å². The summed E-state index contributed by atoms with van der Waals surface area (Å²) >= 11 is 0. The first kappa shape index (κ1) is 25.9. The number of hydrogen-bond donors (Lipinski definition) is 4. The molecule has 3 rings (SSSR count). The predicted octanol–water partition coefficient (Wildman–Crippen LogP) is 1.76. The molecule has 0 fully saturated rings. The van der Waals surface area contributed by atoms with Crippen molar-refractivity contribution in [2.75, 3.05) is 0 Å². The SMILES string of the molecule is CC(C)(O)C(C)(C)OB(OC(C)(C)C(C)(C)O)c1ccc2c(c1)Cc1cc(B(O)O)ccc1-2. The van der Waals surface area contributed by atoms with Crippen molar-refractivity contribution in [1.82, 2.24) is 0 Å². The van der Waals surface area contributed by atoms with Crippen LogP contribution in [-0.4, -0.2) is 56.9 Å².